The van der Waals surface area contributed by atoms with Gasteiger partial charge in [0.1, 0.15) is 0 Å². The number of hydrogen-bond acceptors (Lipinski definition) is 4. The lowest BCUT2D eigenvalue weighted by Gasteiger charge is -2.13. The summed E-state index contributed by atoms with van der Waals surface area (Å²) in [5.74, 6) is -0.962. The van der Waals surface area contributed by atoms with Crippen molar-refractivity contribution >= 4 is 28.6 Å². The molecule has 0 unspecified atom stereocenters. The Labute approximate surface area is 121 Å². The molecular weight excluding hydrogens is 378 g/mol. The van der Waals surface area contributed by atoms with Gasteiger partial charge < -0.3 is 9.47 Å². The molecule has 1 rings (SSSR count). The first-order chi connectivity index (χ1) is 8.74. The third-order valence-corrected chi connectivity index (χ3v) is 3.62. The highest BCUT2D eigenvalue weighted by atomic mass is 127. The number of pyridine rings is 1. The molecular formula is C11H11F3INO3. The minimum atomic E-state index is -4.79. The highest BCUT2D eigenvalue weighted by molar-refractivity contribution is 14.1. The van der Waals surface area contributed by atoms with Gasteiger partial charge in [-0.3, -0.25) is 4.79 Å². The Morgan fingerprint density at radius 3 is 2.63 bits per heavy atom. The number of ether oxygens (including phenoxy) is 2. The van der Waals surface area contributed by atoms with Gasteiger partial charge in [0.2, 0.25) is 5.88 Å². The second kappa shape index (κ2) is 6.40. The second-order valence-electron chi connectivity index (χ2n) is 3.56. The van der Waals surface area contributed by atoms with Gasteiger partial charge in [0.25, 0.3) is 0 Å². The normalized spacial score (nSPS) is 11.3. The number of esters is 1. The van der Waals surface area contributed by atoms with Crippen LogP contribution in [-0.4, -0.2) is 23.9 Å². The van der Waals surface area contributed by atoms with Crippen molar-refractivity contribution in [1.82, 2.24) is 4.98 Å². The molecule has 1 aromatic rings. The number of carbonyl (C=O) groups is 1. The quantitative estimate of drug-likeness (QED) is 0.587. The molecule has 4 nitrogen and oxygen atoms in total. The fourth-order valence-electron chi connectivity index (χ4n) is 1.33. The first kappa shape index (κ1) is 16.0. The van der Waals surface area contributed by atoms with E-state index >= 15 is 0 Å². The number of nitrogens with zero attached hydrogens (tertiary/aromatic N) is 1. The van der Waals surface area contributed by atoms with Gasteiger partial charge in [-0.15, -0.1) is 13.2 Å². The standard InChI is InChI=1S/C11H11F3INO3/c1-3-18-8(17)4-7-5-16-10(6(2)9(7)15)19-11(12,13)14/h5H,3-4H2,1-2H3. The molecule has 0 bridgehead atoms. The molecule has 0 saturated heterocycles. The van der Waals surface area contributed by atoms with E-state index in [1.54, 1.807) is 6.92 Å². The maximum atomic E-state index is 12.1. The largest absolute Gasteiger partial charge is 0.574 e. The van der Waals surface area contributed by atoms with E-state index in [9.17, 15) is 18.0 Å². The molecule has 1 aromatic heterocycles. The first-order valence-electron chi connectivity index (χ1n) is 5.30. The van der Waals surface area contributed by atoms with Gasteiger partial charge in [-0.25, -0.2) is 4.98 Å². The van der Waals surface area contributed by atoms with Gasteiger partial charge >= 0.3 is 12.3 Å². The molecule has 0 radical (unpaired) electrons. The van der Waals surface area contributed by atoms with Crippen LogP contribution in [0.4, 0.5) is 13.2 Å². The Bertz CT molecular complexity index is 477. The fraction of sp³-hybridized carbons (Fsp3) is 0.455. The summed E-state index contributed by atoms with van der Waals surface area (Å²) in [6.07, 6.45) is -3.64. The molecule has 0 N–H and O–H groups in total. The molecule has 0 aliphatic rings. The molecule has 106 valence electrons. The summed E-state index contributed by atoms with van der Waals surface area (Å²) in [6.45, 7) is 3.37. The van der Waals surface area contributed by atoms with Crippen LogP contribution < -0.4 is 4.74 Å². The summed E-state index contributed by atoms with van der Waals surface area (Å²) in [4.78, 5) is 14.9. The van der Waals surface area contributed by atoms with E-state index in [0.29, 0.717) is 9.13 Å². The van der Waals surface area contributed by atoms with Gasteiger partial charge in [-0.05, 0) is 42.0 Å². The highest BCUT2D eigenvalue weighted by Gasteiger charge is 2.33. The lowest BCUT2D eigenvalue weighted by Crippen LogP contribution is -2.19. The van der Waals surface area contributed by atoms with E-state index in [1.807, 2.05) is 22.6 Å². The SMILES string of the molecule is CCOC(=O)Cc1cnc(OC(F)(F)F)c(C)c1I. The molecule has 0 spiro atoms. The van der Waals surface area contributed by atoms with Crippen LogP contribution in [-0.2, 0) is 16.0 Å². The van der Waals surface area contributed by atoms with Crippen molar-refractivity contribution in [3.63, 3.8) is 0 Å². The van der Waals surface area contributed by atoms with E-state index < -0.39 is 18.2 Å². The Morgan fingerprint density at radius 1 is 1.47 bits per heavy atom. The number of hydrogen-bond donors (Lipinski definition) is 0. The van der Waals surface area contributed by atoms with Crippen LogP contribution in [0.15, 0.2) is 6.20 Å². The molecule has 0 aliphatic heterocycles. The van der Waals surface area contributed by atoms with Crippen LogP contribution in [0, 0.1) is 10.5 Å². The van der Waals surface area contributed by atoms with E-state index in [4.69, 9.17) is 4.74 Å². The molecule has 1 heterocycles. The van der Waals surface area contributed by atoms with Gasteiger partial charge in [-0.1, -0.05) is 0 Å². The van der Waals surface area contributed by atoms with E-state index in [0.717, 1.165) is 0 Å². The Morgan fingerprint density at radius 2 is 2.11 bits per heavy atom. The number of rotatable bonds is 4. The molecule has 0 amide bonds. The van der Waals surface area contributed by atoms with E-state index in [2.05, 4.69) is 9.72 Å². The molecule has 0 fully saturated rings. The lowest BCUT2D eigenvalue weighted by atomic mass is 10.1. The lowest BCUT2D eigenvalue weighted by molar-refractivity contribution is -0.276. The van der Waals surface area contributed by atoms with Crippen LogP contribution in [0.2, 0.25) is 0 Å². The van der Waals surface area contributed by atoms with Crippen LogP contribution in [0.3, 0.4) is 0 Å². The third-order valence-electron chi connectivity index (χ3n) is 2.12. The van der Waals surface area contributed by atoms with E-state index in [1.165, 1.54) is 13.1 Å². The molecule has 0 saturated carbocycles. The molecule has 0 aliphatic carbocycles. The van der Waals surface area contributed by atoms with Crippen molar-refractivity contribution in [3.05, 3.63) is 20.9 Å². The van der Waals surface area contributed by atoms with E-state index in [-0.39, 0.29) is 18.6 Å². The predicted octanol–water partition coefficient (Wildman–Crippen LogP) is 3.00. The maximum absolute atomic E-state index is 12.1. The van der Waals surface area contributed by atoms with Crippen LogP contribution in [0.5, 0.6) is 5.88 Å². The van der Waals surface area contributed by atoms with Crippen LogP contribution >= 0.6 is 22.6 Å². The van der Waals surface area contributed by atoms with Crippen molar-refractivity contribution < 1.29 is 27.4 Å². The summed E-state index contributed by atoms with van der Waals surface area (Å²) in [5.41, 5.74) is 0.741. The van der Waals surface area contributed by atoms with Gasteiger partial charge in [0.15, 0.2) is 0 Å². The number of halogens is 4. The zero-order chi connectivity index (χ0) is 14.6. The molecule has 0 atom stereocenters. The number of alkyl halides is 3. The third kappa shape index (κ3) is 4.84. The Balaban J connectivity index is 2.94. The summed E-state index contributed by atoms with van der Waals surface area (Å²) in [5, 5.41) is 0. The smallest absolute Gasteiger partial charge is 0.466 e. The topological polar surface area (TPSA) is 48.4 Å². The van der Waals surface area contributed by atoms with Crippen molar-refractivity contribution in [2.24, 2.45) is 0 Å². The zero-order valence-corrected chi connectivity index (χ0v) is 12.3. The summed E-state index contributed by atoms with van der Waals surface area (Å²) >= 11 is 1.85. The van der Waals surface area contributed by atoms with Crippen LogP contribution in [0.25, 0.3) is 0 Å². The van der Waals surface area contributed by atoms with Crippen molar-refractivity contribution in [2.45, 2.75) is 26.6 Å². The zero-order valence-electron chi connectivity index (χ0n) is 10.2. The molecule has 8 heteroatoms. The van der Waals surface area contributed by atoms with Gasteiger partial charge in [0, 0.05) is 15.3 Å². The summed E-state index contributed by atoms with van der Waals surface area (Å²) < 4.78 is 45.4. The van der Waals surface area contributed by atoms with Crippen molar-refractivity contribution in [2.75, 3.05) is 6.61 Å². The van der Waals surface area contributed by atoms with Crippen molar-refractivity contribution in [3.8, 4) is 5.88 Å². The monoisotopic (exact) mass is 389 g/mol. The number of carbonyl (C=O) groups excluding carboxylic acids is 1. The Hall–Kier alpha value is -1.06. The average molecular weight is 389 g/mol. The first-order valence-corrected chi connectivity index (χ1v) is 6.37. The number of aromatic nitrogens is 1. The average Bonchev–Trinajstić information content (AvgIpc) is 2.28. The predicted molar refractivity (Wildman–Crippen MR) is 68.7 cm³/mol. The summed E-state index contributed by atoms with van der Waals surface area (Å²) in [7, 11) is 0. The van der Waals surface area contributed by atoms with Crippen LogP contribution in [0.1, 0.15) is 18.1 Å². The highest BCUT2D eigenvalue weighted by Crippen LogP contribution is 2.28. The van der Waals surface area contributed by atoms with Gasteiger partial charge in [0.05, 0.1) is 13.0 Å². The Kier molecular flexibility index (Phi) is 5.39. The van der Waals surface area contributed by atoms with Gasteiger partial charge in [-0.2, -0.15) is 0 Å². The second-order valence-corrected chi connectivity index (χ2v) is 4.64. The minimum absolute atomic E-state index is 0.0355. The molecule has 0 aromatic carbocycles. The molecule has 19 heavy (non-hydrogen) atoms. The van der Waals surface area contributed by atoms with Crippen molar-refractivity contribution in [1.29, 1.82) is 0 Å². The maximum Gasteiger partial charge on any atom is 0.574 e. The summed E-state index contributed by atoms with van der Waals surface area (Å²) in [6, 6.07) is 0. The minimum Gasteiger partial charge on any atom is -0.466 e. The fourth-order valence-corrected chi connectivity index (χ4v) is 1.89.